The van der Waals surface area contributed by atoms with Gasteiger partial charge in [-0.25, -0.2) is 14.4 Å². The Balaban J connectivity index is 1.76. The summed E-state index contributed by atoms with van der Waals surface area (Å²) >= 11 is 0. The molecule has 7 nitrogen and oxygen atoms in total. The molecule has 1 aliphatic heterocycles. The molecule has 0 aliphatic carbocycles. The summed E-state index contributed by atoms with van der Waals surface area (Å²) in [5.74, 6) is -0.626. The van der Waals surface area contributed by atoms with Gasteiger partial charge in [-0.3, -0.25) is 4.99 Å². The van der Waals surface area contributed by atoms with Gasteiger partial charge in [0, 0.05) is 35.9 Å². The minimum Gasteiger partial charge on any atom is -0.511 e. The van der Waals surface area contributed by atoms with Crippen molar-refractivity contribution < 1.29 is 19.3 Å². The molecule has 2 heterocycles. The molecule has 1 atom stereocenters. The van der Waals surface area contributed by atoms with Crippen LogP contribution in [0.2, 0.25) is 0 Å². The van der Waals surface area contributed by atoms with E-state index in [1.54, 1.807) is 0 Å². The molecule has 170 valence electrons. The zero-order valence-electron chi connectivity index (χ0n) is 18.3. The molecule has 2 N–H and O–H groups in total. The highest BCUT2D eigenvalue weighted by molar-refractivity contribution is 5.94. The van der Waals surface area contributed by atoms with Crippen molar-refractivity contribution in [3.8, 4) is 11.3 Å². The standard InChI is InChI=1S/C25H25FN4O3/c1-3-8-27-23(16(2)31)25(32)17-4-7-21(26)20(13-17)24-19-6-5-18(14-22(19)28-15-29-24)30-9-11-33-12-10-30/h3-8,13-15,25,31-32H,1,9-12H2,2H3/b23-16+,27-8?. The number of anilines is 1. The van der Waals surface area contributed by atoms with E-state index in [-0.39, 0.29) is 17.0 Å². The number of hydrogen-bond donors (Lipinski definition) is 2. The predicted molar refractivity (Wildman–Crippen MR) is 127 cm³/mol. The molecule has 3 aromatic rings. The van der Waals surface area contributed by atoms with Gasteiger partial charge in [-0.15, -0.1) is 0 Å². The van der Waals surface area contributed by atoms with Crippen LogP contribution in [0.25, 0.3) is 22.2 Å². The first-order valence-electron chi connectivity index (χ1n) is 10.6. The lowest BCUT2D eigenvalue weighted by atomic mass is 9.99. The molecule has 1 aliphatic rings. The van der Waals surface area contributed by atoms with Crippen molar-refractivity contribution in [2.75, 3.05) is 31.2 Å². The van der Waals surface area contributed by atoms with Crippen molar-refractivity contribution in [1.82, 2.24) is 9.97 Å². The van der Waals surface area contributed by atoms with Gasteiger partial charge >= 0.3 is 0 Å². The van der Waals surface area contributed by atoms with Crippen LogP contribution < -0.4 is 4.90 Å². The second kappa shape index (κ2) is 9.89. The van der Waals surface area contributed by atoms with E-state index in [1.165, 1.54) is 43.7 Å². The summed E-state index contributed by atoms with van der Waals surface area (Å²) in [7, 11) is 0. The van der Waals surface area contributed by atoms with E-state index in [0.717, 1.165) is 18.8 Å². The predicted octanol–water partition coefficient (Wildman–Crippen LogP) is 4.35. The Labute approximate surface area is 191 Å². The summed E-state index contributed by atoms with van der Waals surface area (Å²) in [6.07, 6.45) is 2.95. The molecule has 8 heteroatoms. The third-order valence-electron chi connectivity index (χ3n) is 5.51. The van der Waals surface area contributed by atoms with E-state index < -0.39 is 11.9 Å². The van der Waals surface area contributed by atoms with Crippen LogP contribution >= 0.6 is 0 Å². The van der Waals surface area contributed by atoms with E-state index >= 15 is 0 Å². The quantitative estimate of drug-likeness (QED) is 0.430. The zero-order chi connectivity index (χ0) is 23.4. The molecule has 0 spiro atoms. The molecular formula is C25H25FN4O3. The molecule has 1 saturated heterocycles. The van der Waals surface area contributed by atoms with Crippen LogP contribution in [0.5, 0.6) is 0 Å². The van der Waals surface area contributed by atoms with E-state index in [2.05, 4.69) is 26.4 Å². The Hall–Kier alpha value is -3.62. The number of hydrogen-bond acceptors (Lipinski definition) is 7. The van der Waals surface area contributed by atoms with Crippen LogP contribution in [0, 0.1) is 5.82 Å². The normalized spacial score (nSPS) is 16.2. The largest absolute Gasteiger partial charge is 0.511 e. The van der Waals surface area contributed by atoms with Crippen LogP contribution in [0.1, 0.15) is 18.6 Å². The van der Waals surface area contributed by atoms with Gasteiger partial charge < -0.3 is 19.8 Å². The van der Waals surface area contributed by atoms with Gasteiger partial charge in [0.25, 0.3) is 0 Å². The third kappa shape index (κ3) is 4.76. The number of aromatic nitrogens is 2. The van der Waals surface area contributed by atoms with Gasteiger partial charge in [0.15, 0.2) is 0 Å². The Bertz CT molecular complexity index is 1230. The Morgan fingerprint density at radius 2 is 2.00 bits per heavy atom. The van der Waals surface area contributed by atoms with Crippen LogP contribution in [0.15, 0.2) is 71.8 Å². The van der Waals surface area contributed by atoms with E-state index in [1.807, 2.05) is 18.2 Å². The highest BCUT2D eigenvalue weighted by Gasteiger charge is 2.20. The minimum absolute atomic E-state index is 0.0511. The highest BCUT2D eigenvalue weighted by Crippen LogP contribution is 2.33. The molecule has 1 fully saturated rings. The number of rotatable bonds is 6. The van der Waals surface area contributed by atoms with E-state index in [4.69, 9.17) is 4.74 Å². The molecule has 0 amide bonds. The van der Waals surface area contributed by atoms with Crippen LogP contribution in [-0.4, -0.2) is 52.7 Å². The third-order valence-corrected chi connectivity index (χ3v) is 5.51. The first-order chi connectivity index (χ1) is 16.0. The molecule has 1 aromatic heterocycles. The van der Waals surface area contributed by atoms with Gasteiger partial charge in [-0.1, -0.05) is 18.7 Å². The molecule has 0 saturated carbocycles. The topological polar surface area (TPSA) is 91.1 Å². The number of halogens is 1. The molecule has 0 radical (unpaired) electrons. The Morgan fingerprint density at radius 1 is 1.21 bits per heavy atom. The smallest absolute Gasteiger partial charge is 0.132 e. The van der Waals surface area contributed by atoms with Crippen molar-refractivity contribution in [2.45, 2.75) is 13.0 Å². The Morgan fingerprint density at radius 3 is 2.73 bits per heavy atom. The first kappa shape index (κ1) is 22.6. The molecular weight excluding hydrogens is 423 g/mol. The molecule has 1 unspecified atom stereocenters. The van der Waals surface area contributed by atoms with Crippen molar-refractivity contribution in [1.29, 1.82) is 0 Å². The van der Waals surface area contributed by atoms with Gasteiger partial charge in [-0.2, -0.15) is 0 Å². The second-order valence-corrected chi connectivity index (χ2v) is 7.65. The first-order valence-corrected chi connectivity index (χ1v) is 10.6. The van der Waals surface area contributed by atoms with Crippen LogP contribution in [-0.2, 0) is 4.74 Å². The number of morpholine rings is 1. The van der Waals surface area contributed by atoms with Crippen molar-refractivity contribution in [3.05, 3.63) is 78.2 Å². The van der Waals surface area contributed by atoms with Crippen LogP contribution in [0.4, 0.5) is 10.1 Å². The summed E-state index contributed by atoms with van der Waals surface area (Å²) < 4.78 is 20.3. The SMILES string of the molecule is C=CC=N/C(=C(\C)O)C(O)c1ccc(F)c(-c2ncnc3cc(N4CCOCC4)ccc23)c1. The maximum absolute atomic E-state index is 14.9. The zero-order valence-corrected chi connectivity index (χ0v) is 18.3. The molecule has 2 aromatic carbocycles. The number of nitrogens with zero attached hydrogens (tertiary/aromatic N) is 4. The number of benzene rings is 2. The number of ether oxygens (including phenoxy) is 1. The van der Waals surface area contributed by atoms with Gasteiger partial charge in [0.05, 0.1) is 24.4 Å². The van der Waals surface area contributed by atoms with Gasteiger partial charge in [0.1, 0.15) is 29.7 Å². The minimum atomic E-state index is -1.26. The van der Waals surface area contributed by atoms with Gasteiger partial charge in [0.2, 0.25) is 0 Å². The molecule has 4 rings (SSSR count). The lowest BCUT2D eigenvalue weighted by Crippen LogP contribution is -2.36. The highest BCUT2D eigenvalue weighted by atomic mass is 19.1. The molecule has 0 bridgehead atoms. The summed E-state index contributed by atoms with van der Waals surface area (Å²) in [6.45, 7) is 7.92. The van der Waals surface area contributed by atoms with Crippen LogP contribution in [0.3, 0.4) is 0 Å². The van der Waals surface area contributed by atoms with Crippen molar-refractivity contribution >= 4 is 22.8 Å². The van der Waals surface area contributed by atoms with Crippen molar-refractivity contribution in [2.24, 2.45) is 4.99 Å². The maximum atomic E-state index is 14.9. The number of aliphatic imine (C=N–C) groups is 1. The number of allylic oxidation sites excluding steroid dienone is 2. The summed E-state index contributed by atoms with van der Waals surface area (Å²) in [4.78, 5) is 15.0. The lowest BCUT2D eigenvalue weighted by molar-refractivity contribution is 0.122. The summed E-state index contributed by atoms with van der Waals surface area (Å²) in [5.41, 5.74) is 2.77. The summed E-state index contributed by atoms with van der Waals surface area (Å²) in [5, 5.41) is 21.4. The lowest BCUT2D eigenvalue weighted by Gasteiger charge is -2.29. The number of aliphatic hydroxyl groups excluding tert-OH is 2. The molecule has 33 heavy (non-hydrogen) atoms. The number of fused-ring (bicyclic) bond motifs is 1. The monoisotopic (exact) mass is 448 g/mol. The van der Waals surface area contributed by atoms with E-state index in [0.29, 0.717) is 35.4 Å². The number of aliphatic hydroxyl groups is 2. The average molecular weight is 448 g/mol. The van der Waals surface area contributed by atoms with Gasteiger partial charge in [-0.05, 0) is 42.8 Å². The summed E-state index contributed by atoms with van der Waals surface area (Å²) in [6, 6.07) is 10.1. The average Bonchev–Trinajstić information content (AvgIpc) is 2.84. The van der Waals surface area contributed by atoms with Crippen molar-refractivity contribution in [3.63, 3.8) is 0 Å². The second-order valence-electron chi connectivity index (χ2n) is 7.65. The Kier molecular flexibility index (Phi) is 6.76. The fourth-order valence-corrected chi connectivity index (χ4v) is 3.83. The van der Waals surface area contributed by atoms with E-state index in [9.17, 15) is 14.6 Å². The fourth-order valence-electron chi connectivity index (χ4n) is 3.83. The maximum Gasteiger partial charge on any atom is 0.132 e. The fraction of sp³-hybridized carbons (Fsp3) is 0.240.